The number of ether oxygens (including phenoxy) is 1. The summed E-state index contributed by atoms with van der Waals surface area (Å²) < 4.78 is 5.60. The third-order valence-corrected chi connectivity index (χ3v) is 3.20. The maximum Gasteiger partial charge on any atom is 0.0593 e. The van der Waals surface area contributed by atoms with Crippen LogP contribution in [0.3, 0.4) is 0 Å². The Bertz CT molecular complexity index is 164. The van der Waals surface area contributed by atoms with E-state index in [-0.39, 0.29) is 0 Å². The Hall–Kier alpha value is 0.210. The highest BCUT2D eigenvalue weighted by atomic mass is 35.5. The van der Waals surface area contributed by atoms with Crippen LogP contribution in [0.1, 0.15) is 33.1 Å². The van der Waals surface area contributed by atoms with Crippen molar-refractivity contribution in [3.05, 3.63) is 0 Å². The molecule has 0 aromatic heterocycles. The van der Waals surface area contributed by atoms with Gasteiger partial charge in [-0.15, -0.1) is 11.6 Å². The quantitative estimate of drug-likeness (QED) is 0.517. The number of hydrogen-bond acceptors (Lipinski definition) is 2. The summed E-state index contributed by atoms with van der Waals surface area (Å²) in [7, 11) is 0. The first-order valence-corrected chi connectivity index (χ1v) is 6.56. The Balaban J connectivity index is 1.95. The topological polar surface area (TPSA) is 12.5 Å². The summed E-state index contributed by atoms with van der Waals surface area (Å²) in [5, 5.41) is 0.356. The van der Waals surface area contributed by atoms with Gasteiger partial charge >= 0.3 is 0 Å². The third kappa shape index (κ3) is 6.39. The summed E-state index contributed by atoms with van der Waals surface area (Å²) in [6.07, 6.45) is 3.57. The molecule has 1 unspecified atom stereocenters. The fraction of sp³-hybridized carbons (Fsp3) is 1.00. The molecule has 0 spiro atoms. The maximum absolute atomic E-state index is 6.11. The molecular formula is C12H24ClNO. The smallest absolute Gasteiger partial charge is 0.0593 e. The van der Waals surface area contributed by atoms with Crippen molar-refractivity contribution in [3.8, 4) is 0 Å². The highest BCUT2D eigenvalue weighted by Crippen LogP contribution is 2.14. The normalized spacial score (nSPS) is 23.6. The minimum atomic E-state index is 0.356. The lowest BCUT2D eigenvalue weighted by Gasteiger charge is -2.29. The van der Waals surface area contributed by atoms with Gasteiger partial charge in [0.1, 0.15) is 0 Å². The van der Waals surface area contributed by atoms with Crippen molar-refractivity contribution in [2.45, 2.75) is 38.5 Å². The Morgan fingerprint density at radius 3 is 2.87 bits per heavy atom. The lowest BCUT2D eigenvalue weighted by atomic mass is 10.1. The number of nitrogens with zero attached hydrogens (tertiary/aromatic N) is 1. The number of halogens is 1. The van der Waals surface area contributed by atoms with Crippen LogP contribution in [0.4, 0.5) is 0 Å². The summed E-state index contributed by atoms with van der Waals surface area (Å²) in [6, 6.07) is 0. The third-order valence-electron chi connectivity index (χ3n) is 2.84. The molecular weight excluding hydrogens is 210 g/mol. The summed E-state index contributed by atoms with van der Waals surface area (Å²) in [5.74, 6) is 0.743. The Kier molecular flexibility index (Phi) is 6.62. The van der Waals surface area contributed by atoms with Crippen molar-refractivity contribution in [3.63, 3.8) is 0 Å². The number of rotatable bonds is 6. The Morgan fingerprint density at radius 1 is 1.40 bits per heavy atom. The van der Waals surface area contributed by atoms with Gasteiger partial charge in [0, 0.05) is 25.1 Å². The number of piperidine rings is 1. The molecule has 0 amide bonds. The zero-order chi connectivity index (χ0) is 11.1. The van der Waals surface area contributed by atoms with E-state index in [9.17, 15) is 0 Å². The first kappa shape index (κ1) is 13.3. The van der Waals surface area contributed by atoms with Crippen molar-refractivity contribution < 1.29 is 4.74 Å². The van der Waals surface area contributed by atoms with Crippen molar-refractivity contribution in [2.75, 3.05) is 32.8 Å². The molecule has 1 heterocycles. The highest BCUT2D eigenvalue weighted by molar-refractivity contribution is 6.20. The molecule has 3 heteroatoms. The maximum atomic E-state index is 6.11. The molecule has 0 aromatic carbocycles. The van der Waals surface area contributed by atoms with Gasteiger partial charge in [-0.3, -0.25) is 4.90 Å². The van der Waals surface area contributed by atoms with Gasteiger partial charge in [-0.05, 0) is 31.7 Å². The molecule has 0 N–H and O–H groups in total. The van der Waals surface area contributed by atoms with Crippen molar-refractivity contribution in [1.29, 1.82) is 0 Å². The fourth-order valence-corrected chi connectivity index (χ4v) is 2.17. The van der Waals surface area contributed by atoms with E-state index in [4.69, 9.17) is 16.3 Å². The summed E-state index contributed by atoms with van der Waals surface area (Å²) in [4.78, 5) is 2.41. The molecule has 1 atom stereocenters. The number of alkyl halides is 1. The SMILES string of the molecule is CC(C)CCOCCN1CCCC(Cl)C1. The predicted octanol–water partition coefficient (Wildman–Crippen LogP) is 2.75. The second kappa shape index (κ2) is 7.48. The molecule has 0 radical (unpaired) electrons. The summed E-state index contributed by atoms with van der Waals surface area (Å²) in [5.41, 5.74) is 0. The molecule has 0 bridgehead atoms. The van der Waals surface area contributed by atoms with Crippen LogP contribution in [-0.4, -0.2) is 43.1 Å². The van der Waals surface area contributed by atoms with Crippen LogP contribution in [-0.2, 0) is 4.74 Å². The van der Waals surface area contributed by atoms with E-state index in [1.807, 2.05) is 0 Å². The van der Waals surface area contributed by atoms with Crippen LogP contribution in [0.2, 0.25) is 0 Å². The van der Waals surface area contributed by atoms with Gasteiger partial charge in [0.05, 0.1) is 6.61 Å². The van der Waals surface area contributed by atoms with Gasteiger partial charge < -0.3 is 4.74 Å². The number of hydrogen-bond donors (Lipinski definition) is 0. The molecule has 90 valence electrons. The van der Waals surface area contributed by atoms with Gasteiger partial charge in [-0.2, -0.15) is 0 Å². The minimum Gasteiger partial charge on any atom is -0.380 e. The van der Waals surface area contributed by atoms with E-state index < -0.39 is 0 Å². The van der Waals surface area contributed by atoms with E-state index in [0.717, 1.165) is 38.6 Å². The number of likely N-dealkylation sites (tertiary alicyclic amines) is 1. The standard InChI is InChI=1S/C12H24ClNO/c1-11(2)5-8-15-9-7-14-6-3-4-12(13)10-14/h11-12H,3-10H2,1-2H3. The molecule has 0 saturated carbocycles. The van der Waals surface area contributed by atoms with E-state index in [0.29, 0.717) is 5.38 Å². The van der Waals surface area contributed by atoms with Gasteiger partial charge in [-0.25, -0.2) is 0 Å². The molecule has 2 nitrogen and oxygen atoms in total. The van der Waals surface area contributed by atoms with Crippen LogP contribution in [0.5, 0.6) is 0 Å². The molecule has 1 rings (SSSR count). The van der Waals surface area contributed by atoms with Crippen LogP contribution < -0.4 is 0 Å². The zero-order valence-corrected chi connectivity index (χ0v) is 10.8. The first-order valence-electron chi connectivity index (χ1n) is 6.12. The van der Waals surface area contributed by atoms with Gasteiger partial charge in [-0.1, -0.05) is 13.8 Å². The van der Waals surface area contributed by atoms with Crippen molar-refractivity contribution in [1.82, 2.24) is 4.90 Å². The monoisotopic (exact) mass is 233 g/mol. The zero-order valence-electron chi connectivity index (χ0n) is 10.0. The van der Waals surface area contributed by atoms with Crippen molar-refractivity contribution in [2.24, 2.45) is 5.92 Å². The molecule has 0 aliphatic carbocycles. The molecule has 0 aromatic rings. The average Bonchev–Trinajstić information content (AvgIpc) is 2.17. The van der Waals surface area contributed by atoms with Crippen LogP contribution in [0, 0.1) is 5.92 Å². The van der Waals surface area contributed by atoms with E-state index >= 15 is 0 Å². The minimum absolute atomic E-state index is 0.356. The highest BCUT2D eigenvalue weighted by Gasteiger charge is 2.16. The van der Waals surface area contributed by atoms with Crippen LogP contribution in [0.25, 0.3) is 0 Å². The van der Waals surface area contributed by atoms with Gasteiger partial charge in [0.15, 0.2) is 0 Å². The molecule has 1 aliphatic heterocycles. The molecule has 1 saturated heterocycles. The Morgan fingerprint density at radius 2 is 2.20 bits per heavy atom. The average molecular weight is 234 g/mol. The van der Waals surface area contributed by atoms with Crippen LogP contribution in [0.15, 0.2) is 0 Å². The lowest BCUT2D eigenvalue weighted by molar-refractivity contribution is 0.0904. The van der Waals surface area contributed by atoms with Crippen LogP contribution >= 0.6 is 11.6 Å². The second-order valence-corrected chi connectivity index (χ2v) is 5.45. The summed E-state index contributed by atoms with van der Waals surface area (Å²) in [6.45, 7) is 9.48. The summed E-state index contributed by atoms with van der Waals surface area (Å²) >= 11 is 6.11. The van der Waals surface area contributed by atoms with Crippen molar-refractivity contribution >= 4 is 11.6 Å². The van der Waals surface area contributed by atoms with Gasteiger partial charge in [0.25, 0.3) is 0 Å². The first-order chi connectivity index (χ1) is 7.18. The fourth-order valence-electron chi connectivity index (χ4n) is 1.82. The molecule has 15 heavy (non-hydrogen) atoms. The lowest BCUT2D eigenvalue weighted by Crippen LogP contribution is -2.38. The second-order valence-electron chi connectivity index (χ2n) is 4.84. The van der Waals surface area contributed by atoms with E-state index in [2.05, 4.69) is 18.7 Å². The van der Waals surface area contributed by atoms with E-state index in [1.165, 1.54) is 19.4 Å². The predicted molar refractivity (Wildman–Crippen MR) is 65.6 cm³/mol. The molecule has 1 fully saturated rings. The largest absolute Gasteiger partial charge is 0.380 e. The van der Waals surface area contributed by atoms with Gasteiger partial charge in [0.2, 0.25) is 0 Å². The van der Waals surface area contributed by atoms with E-state index in [1.54, 1.807) is 0 Å². The Labute approximate surface area is 98.9 Å². The molecule has 1 aliphatic rings.